The summed E-state index contributed by atoms with van der Waals surface area (Å²) in [6, 6.07) is 6.99. The van der Waals surface area contributed by atoms with Crippen molar-refractivity contribution in [3.63, 3.8) is 0 Å². The molecular weight excluding hydrogens is 304 g/mol. The van der Waals surface area contributed by atoms with Gasteiger partial charge in [0.25, 0.3) is 0 Å². The molecule has 1 aromatic carbocycles. The van der Waals surface area contributed by atoms with Gasteiger partial charge in [0.2, 0.25) is 0 Å². The Kier molecular flexibility index (Phi) is 6.84. The number of amides is 2. The number of carbonyl (C=O) groups excluding carboxylic acids is 2. The van der Waals surface area contributed by atoms with E-state index in [-0.39, 0.29) is 18.5 Å². The van der Waals surface area contributed by atoms with Crippen molar-refractivity contribution in [2.45, 2.75) is 39.8 Å². The van der Waals surface area contributed by atoms with Gasteiger partial charge in [-0.25, -0.2) is 0 Å². The first-order valence-electron chi connectivity index (χ1n) is 7.18. The number of halogens is 1. The standard InChI is InChI=1S/C16H23ClN2O3/c1-16(2,3)13(20)8-9-18-14(21)15(22)19-10-11-4-6-12(17)7-5-11/h4-7,13,20H,8-10H2,1-3H3,(H,18,21)(H,19,22). The van der Waals surface area contributed by atoms with Gasteiger partial charge in [-0.15, -0.1) is 0 Å². The van der Waals surface area contributed by atoms with E-state index in [1.807, 2.05) is 20.8 Å². The lowest BCUT2D eigenvalue weighted by molar-refractivity contribution is -0.139. The molecule has 1 aromatic rings. The van der Waals surface area contributed by atoms with Gasteiger partial charge in [-0.1, -0.05) is 44.5 Å². The summed E-state index contributed by atoms with van der Waals surface area (Å²) in [6.45, 7) is 6.26. The lowest BCUT2D eigenvalue weighted by Crippen LogP contribution is -2.41. The van der Waals surface area contributed by atoms with Crippen molar-refractivity contribution in [3.8, 4) is 0 Å². The fourth-order valence-electron chi connectivity index (χ4n) is 1.70. The Bertz CT molecular complexity index is 509. The second-order valence-corrected chi connectivity index (χ2v) is 6.67. The van der Waals surface area contributed by atoms with Crippen LogP contribution in [-0.4, -0.2) is 29.6 Å². The highest BCUT2D eigenvalue weighted by molar-refractivity contribution is 6.35. The van der Waals surface area contributed by atoms with Gasteiger partial charge >= 0.3 is 11.8 Å². The Morgan fingerprint density at radius 2 is 1.68 bits per heavy atom. The monoisotopic (exact) mass is 326 g/mol. The molecule has 0 aromatic heterocycles. The molecule has 0 heterocycles. The first-order valence-corrected chi connectivity index (χ1v) is 7.56. The van der Waals surface area contributed by atoms with Gasteiger partial charge in [-0.2, -0.15) is 0 Å². The molecule has 2 amide bonds. The summed E-state index contributed by atoms with van der Waals surface area (Å²) in [5, 5.41) is 15.5. The minimum Gasteiger partial charge on any atom is -0.393 e. The van der Waals surface area contributed by atoms with E-state index in [9.17, 15) is 14.7 Å². The highest BCUT2D eigenvalue weighted by Gasteiger charge is 2.22. The minimum atomic E-state index is -0.699. The maximum Gasteiger partial charge on any atom is 0.309 e. The number of nitrogens with one attached hydrogen (secondary N) is 2. The van der Waals surface area contributed by atoms with Gasteiger partial charge in [-0.05, 0) is 29.5 Å². The molecule has 1 rings (SSSR count). The highest BCUT2D eigenvalue weighted by atomic mass is 35.5. The number of aliphatic hydroxyl groups is 1. The van der Waals surface area contributed by atoms with Gasteiger partial charge in [0.15, 0.2) is 0 Å². The molecule has 0 saturated heterocycles. The van der Waals surface area contributed by atoms with E-state index in [0.717, 1.165) is 5.56 Å². The first kappa shape index (κ1) is 18.5. The summed E-state index contributed by atoms with van der Waals surface area (Å²) >= 11 is 5.77. The van der Waals surface area contributed by atoms with E-state index < -0.39 is 17.9 Å². The van der Waals surface area contributed by atoms with Crippen LogP contribution in [0.2, 0.25) is 5.02 Å². The molecule has 0 fully saturated rings. The molecule has 1 unspecified atom stereocenters. The molecule has 0 radical (unpaired) electrons. The summed E-state index contributed by atoms with van der Waals surface area (Å²) < 4.78 is 0. The number of benzene rings is 1. The van der Waals surface area contributed by atoms with Gasteiger partial charge in [0, 0.05) is 18.1 Å². The second-order valence-electron chi connectivity index (χ2n) is 6.24. The number of aliphatic hydroxyl groups excluding tert-OH is 1. The van der Waals surface area contributed by atoms with Crippen LogP contribution < -0.4 is 10.6 Å². The molecular formula is C16H23ClN2O3. The molecule has 0 aliphatic rings. The zero-order valence-corrected chi connectivity index (χ0v) is 13.9. The van der Waals surface area contributed by atoms with Gasteiger partial charge < -0.3 is 15.7 Å². The van der Waals surface area contributed by atoms with E-state index in [1.54, 1.807) is 24.3 Å². The molecule has 5 nitrogen and oxygen atoms in total. The Morgan fingerprint density at radius 3 is 2.23 bits per heavy atom. The predicted octanol–water partition coefficient (Wildman–Crippen LogP) is 1.87. The quantitative estimate of drug-likeness (QED) is 0.723. The van der Waals surface area contributed by atoms with Crippen molar-refractivity contribution in [2.75, 3.05) is 6.54 Å². The van der Waals surface area contributed by atoms with E-state index in [1.165, 1.54) is 0 Å². The van der Waals surface area contributed by atoms with Gasteiger partial charge in [0.05, 0.1) is 6.10 Å². The number of rotatable bonds is 5. The van der Waals surface area contributed by atoms with Crippen LogP contribution in [0.5, 0.6) is 0 Å². The van der Waals surface area contributed by atoms with E-state index in [4.69, 9.17) is 11.6 Å². The summed E-state index contributed by atoms with van der Waals surface area (Å²) in [5.41, 5.74) is 0.607. The largest absolute Gasteiger partial charge is 0.393 e. The molecule has 6 heteroatoms. The Balaban J connectivity index is 2.30. The maximum absolute atomic E-state index is 11.6. The van der Waals surface area contributed by atoms with Crippen LogP contribution in [0, 0.1) is 5.41 Å². The summed E-state index contributed by atoms with van der Waals surface area (Å²) in [5.74, 6) is -1.39. The van der Waals surface area contributed by atoms with Crippen LogP contribution in [0.1, 0.15) is 32.8 Å². The van der Waals surface area contributed by atoms with Crippen molar-refractivity contribution in [1.82, 2.24) is 10.6 Å². The summed E-state index contributed by atoms with van der Waals surface area (Å²) in [7, 11) is 0. The Hall–Kier alpha value is -1.59. The van der Waals surface area contributed by atoms with Crippen molar-refractivity contribution in [3.05, 3.63) is 34.9 Å². The van der Waals surface area contributed by atoms with Crippen LogP contribution in [-0.2, 0) is 16.1 Å². The second kappa shape index (κ2) is 8.15. The van der Waals surface area contributed by atoms with Crippen molar-refractivity contribution >= 4 is 23.4 Å². The molecule has 0 aliphatic carbocycles. The average molecular weight is 327 g/mol. The third-order valence-corrected chi connectivity index (χ3v) is 3.53. The van der Waals surface area contributed by atoms with Gasteiger partial charge in [0.1, 0.15) is 0 Å². The maximum atomic E-state index is 11.6. The zero-order valence-electron chi connectivity index (χ0n) is 13.1. The van der Waals surface area contributed by atoms with Crippen LogP contribution in [0.25, 0.3) is 0 Å². The first-order chi connectivity index (χ1) is 10.2. The SMILES string of the molecule is CC(C)(C)C(O)CCNC(=O)C(=O)NCc1ccc(Cl)cc1. The molecule has 22 heavy (non-hydrogen) atoms. The van der Waals surface area contributed by atoms with Crippen LogP contribution >= 0.6 is 11.6 Å². The molecule has 0 aliphatic heterocycles. The zero-order chi connectivity index (χ0) is 16.8. The van der Waals surface area contributed by atoms with E-state index in [2.05, 4.69) is 10.6 Å². The van der Waals surface area contributed by atoms with Gasteiger partial charge in [-0.3, -0.25) is 9.59 Å². The predicted molar refractivity (Wildman–Crippen MR) is 86.4 cm³/mol. The third kappa shape index (κ3) is 6.45. The number of hydrogen-bond donors (Lipinski definition) is 3. The van der Waals surface area contributed by atoms with Crippen molar-refractivity contribution in [2.24, 2.45) is 5.41 Å². The van der Waals surface area contributed by atoms with Crippen molar-refractivity contribution in [1.29, 1.82) is 0 Å². The fourth-order valence-corrected chi connectivity index (χ4v) is 1.83. The topological polar surface area (TPSA) is 78.4 Å². The molecule has 0 spiro atoms. The summed E-state index contributed by atoms with van der Waals surface area (Å²) in [6.07, 6.45) is -0.135. The van der Waals surface area contributed by atoms with Crippen LogP contribution in [0.4, 0.5) is 0 Å². The normalized spacial score (nSPS) is 12.6. The number of hydrogen-bond acceptors (Lipinski definition) is 3. The third-order valence-electron chi connectivity index (χ3n) is 3.28. The van der Waals surface area contributed by atoms with Crippen LogP contribution in [0.3, 0.4) is 0 Å². The number of carbonyl (C=O) groups is 2. The summed E-state index contributed by atoms with van der Waals surface area (Å²) in [4.78, 5) is 23.3. The lowest BCUT2D eigenvalue weighted by atomic mass is 9.87. The minimum absolute atomic E-state index is 0.248. The molecule has 122 valence electrons. The molecule has 0 bridgehead atoms. The van der Waals surface area contributed by atoms with Crippen LogP contribution in [0.15, 0.2) is 24.3 Å². The highest BCUT2D eigenvalue weighted by Crippen LogP contribution is 2.20. The fraction of sp³-hybridized carbons (Fsp3) is 0.500. The smallest absolute Gasteiger partial charge is 0.309 e. The molecule has 3 N–H and O–H groups in total. The lowest BCUT2D eigenvalue weighted by Gasteiger charge is -2.25. The Morgan fingerprint density at radius 1 is 1.14 bits per heavy atom. The van der Waals surface area contributed by atoms with Crippen molar-refractivity contribution < 1.29 is 14.7 Å². The average Bonchev–Trinajstić information content (AvgIpc) is 2.45. The molecule has 1 atom stereocenters. The Labute approximate surface area is 136 Å². The van der Waals surface area contributed by atoms with E-state index in [0.29, 0.717) is 11.4 Å². The van der Waals surface area contributed by atoms with E-state index >= 15 is 0 Å². The molecule has 0 saturated carbocycles.